The highest BCUT2D eigenvalue weighted by molar-refractivity contribution is 6.45. The van der Waals surface area contributed by atoms with Crippen LogP contribution in [0.15, 0.2) is 48.2 Å². The minimum absolute atomic E-state index is 0.299. The van der Waals surface area contributed by atoms with Crippen molar-refractivity contribution < 1.29 is 14.0 Å². The fourth-order valence-electron chi connectivity index (χ4n) is 4.81. The number of nitrogens with zero attached hydrogens (tertiary/aromatic N) is 2. The molecule has 0 spiro atoms. The van der Waals surface area contributed by atoms with E-state index < -0.39 is 0 Å². The quantitative estimate of drug-likeness (QED) is 0.694. The van der Waals surface area contributed by atoms with E-state index in [0.29, 0.717) is 34.4 Å². The second-order valence-electron chi connectivity index (χ2n) is 8.82. The molecule has 5 heteroatoms. The normalized spacial score (nSPS) is 22.3. The summed E-state index contributed by atoms with van der Waals surface area (Å²) in [6.07, 6.45) is 1.10. The number of carbonyl (C=O) groups is 2. The van der Waals surface area contributed by atoms with Crippen LogP contribution in [0.3, 0.4) is 0 Å². The lowest BCUT2D eigenvalue weighted by atomic mass is 9.91. The SMILES string of the molecule is Cc1ccc(N2C(=O)C(c3ccc(F)cc3)=C(N3CC(C)CC(C)C3)C2=O)c(C)c1. The Labute approximate surface area is 177 Å². The van der Waals surface area contributed by atoms with Gasteiger partial charge in [-0.1, -0.05) is 43.7 Å². The van der Waals surface area contributed by atoms with Crippen LogP contribution in [0, 0.1) is 31.5 Å². The number of rotatable bonds is 3. The van der Waals surface area contributed by atoms with E-state index >= 15 is 0 Å². The van der Waals surface area contributed by atoms with Crippen LogP contribution >= 0.6 is 0 Å². The highest BCUT2D eigenvalue weighted by Crippen LogP contribution is 2.38. The van der Waals surface area contributed by atoms with Crippen molar-refractivity contribution in [3.8, 4) is 0 Å². The van der Waals surface area contributed by atoms with Gasteiger partial charge >= 0.3 is 0 Å². The van der Waals surface area contributed by atoms with E-state index in [-0.39, 0.29) is 17.6 Å². The molecule has 2 aliphatic heterocycles. The Morgan fingerprint density at radius 1 is 0.900 bits per heavy atom. The average Bonchev–Trinajstić information content (AvgIpc) is 2.92. The predicted molar refractivity (Wildman–Crippen MR) is 116 cm³/mol. The smallest absolute Gasteiger partial charge is 0.282 e. The zero-order chi connectivity index (χ0) is 21.6. The molecule has 4 nitrogen and oxygen atoms in total. The first-order valence-corrected chi connectivity index (χ1v) is 10.5. The Kier molecular flexibility index (Phi) is 5.22. The van der Waals surface area contributed by atoms with Crippen molar-refractivity contribution in [2.45, 2.75) is 34.1 Å². The van der Waals surface area contributed by atoms with E-state index in [2.05, 4.69) is 18.7 Å². The van der Waals surface area contributed by atoms with E-state index in [1.165, 1.54) is 17.0 Å². The second-order valence-corrected chi connectivity index (χ2v) is 8.82. The molecule has 0 saturated carbocycles. The van der Waals surface area contributed by atoms with Crippen LogP contribution in [-0.4, -0.2) is 29.8 Å². The molecule has 2 aliphatic rings. The maximum absolute atomic E-state index is 13.6. The number of anilines is 1. The average molecular weight is 407 g/mol. The number of amides is 2. The first-order valence-electron chi connectivity index (χ1n) is 10.5. The Hall–Kier alpha value is -2.95. The van der Waals surface area contributed by atoms with Crippen LogP contribution in [0.2, 0.25) is 0 Å². The lowest BCUT2D eigenvalue weighted by molar-refractivity contribution is -0.120. The second kappa shape index (κ2) is 7.71. The number of imide groups is 1. The van der Waals surface area contributed by atoms with E-state index in [9.17, 15) is 14.0 Å². The molecule has 0 N–H and O–H groups in total. The number of carbonyl (C=O) groups excluding carboxylic acids is 2. The lowest BCUT2D eigenvalue weighted by Gasteiger charge is -2.37. The van der Waals surface area contributed by atoms with Gasteiger partial charge in [0, 0.05) is 13.1 Å². The molecule has 2 aromatic carbocycles. The number of aryl methyl sites for hydroxylation is 2. The number of piperidine rings is 1. The molecular formula is C25H27FN2O2. The van der Waals surface area contributed by atoms with Crippen molar-refractivity contribution >= 4 is 23.1 Å². The molecule has 0 bridgehead atoms. The van der Waals surface area contributed by atoms with Gasteiger partial charge in [0.1, 0.15) is 11.5 Å². The molecule has 156 valence electrons. The first-order chi connectivity index (χ1) is 14.3. The van der Waals surface area contributed by atoms with E-state index in [1.54, 1.807) is 12.1 Å². The maximum atomic E-state index is 13.6. The summed E-state index contributed by atoms with van der Waals surface area (Å²) in [5.41, 5.74) is 3.91. The summed E-state index contributed by atoms with van der Waals surface area (Å²) in [7, 11) is 0. The lowest BCUT2D eigenvalue weighted by Crippen LogP contribution is -2.42. The van der Waals surface area contributed by atoms with Crippen LogP contribution in [0.5, 0.6) is 0 Å². The van der Waals surface area contributed by atoms with Gasteiger partial charge in [-0.2, -0.15) is 0 Å². The van der Waals surface area contributed by atoms with Gasteiger partial charge in [-0.3, -0.25) is 9.59 Å². The van der Waals surface area contributed by atoms with Crippen molar-refractivity contribution in [1.82, 2.24) is 4.90 Å². The number of hydrogen-bond acceptors (Lipinski definition) is 3. The molecular weight excluding hydrogens is 379 g/mol. The molecule has 30 heavy (non-hydrogen) atoms. The Morgan fingerprint density at radius 2 is 1.53 bits per heavy atom. The summed E-state index contributed by atoms with van der Waals surface area (Å²) in [6, 6.07) is 11.5. The summed E-state index contributed by atoms with van der Waals surface area (Å²) in [6.45, 7) is 9.68. The van der Waals surface area contributed by atoms with E-state index in [4.69, 9.17) is 0 Å². The predicted octanol–water partition coefficient (Wildman–Crippen LogP) is 4.70. The fraction of sp³-hybridized carbons (Fsp3) is 0.360. The number of hydrogen-bond donors (Lipinski definition) is 0. The Bertz CT molecular complexity index is 1030. The molecule has 0 radical (unpaired) electrons. The molecule has 4 rings (SSSR count). The van der Waals surface area contributed by atoms with Gasteiger partial charge in [-0.25, -0.2) is 9.29 Å². The van der Waals surface area contributed by atoms with Crippen LogP contribution in [-0.2, 0) is 9.59 Å². The number of likely N-dealkylation sites (tertiary alicyclic amines) is 1. The summed E-state index contributed by atoms with van der Waals surface area (Å²) < 4.78 is 13.5. The van der Waals surface area contributed by atoms with Crippen LogP contribution in [0.4, 0.5) is 10.1 Å². The van der Waals surface area contributed by atoms with Crippen molar-refractivity contribution in [2.75, 3.05) is 18.0 Å². The van der Waals surface area contributed by atoms with Gasteiger partial charge in [0.25, 0.3) is 11.8 Å². The largest absolute Gasteiger partial charge is 0.366 e. The van der Waals surface area contributed by atoms with Crippen LogP contribution in [0.25, 0.3) is 5.57 Å². The van der Waals surface area contributed by atoms with Gasteiger partial charge in [0.15, 0.2) is 0 Å². The minimum atomic E-state index is -0.371. The minimum Gasteiger partial charge on any atom is -0.366 e. The number of halogens is 1. The first kappa shape index (κ1) is 20.3. The van der Waals surface area contributed by atoms with Crippen molar-refractivity contribution in [1.29, 1.82) is 0 Å². The third-order valence-corrected chi connectivity index (χ3v) is 5.97. The zero-order valence-corrected chi connectivity index (χ0v) is 17.9. The van der Waals surface area contributed by atoms with Crippen molar-refractivity contribution in [3.63, 3.8) is 0 Å². The Balaban J connectivity index is 1.85. The van der Waals surface area contributed by atoms with E-state index in [0.717, 1.165) is 30.6 Å². The van der Waals surface area contributed by atoms with Gasteiger partial charge in [-0.15, -0.1) is 0 Å². The topological polar surface area (TPSA) is 40.6 Å². The summed E-state index contributed by atoms with van der Waals surface area (Å²) in [4.78, 5) is 30.6. The number of benzene rings is 2. The van der Waals surface area contributed by atoms with Gasteiger partial charge in [0.2, 0.25) is 0 Å². The Morgan fingerprint density at radius 3 is 2.13 bits per heavy atom. The molecule has 1 saturated heterocycles. The van der Waals surface area contributed by atoms with Crippen molar-refractivity contribution in [2.24, 2.45) is 11.8 Å². The summed E-state index contributed by atoms with van der Waals surface area (Å²) in [5.74, 6) is -0.168. The standard InChI is InChI=1S/C25H27FN2O2/c1-15-5-10-21(18(4)12-15)28-24(29)22(19-6-8-20(26)9-7-19)23(25(28)30)27-13-16(2)11-17(3)14-27/h5-10,12,16-17H,11,13-14H2,1-4H3. The molecule has 2 amide bonds. The zero-order valence-electron chi connectivity index (χ0n) is 17.9. The summed E-state index contributed by atoms with van der Waals surface area (Å²) in [5, 5.41) is 0. The summed E-state index contributed by atoms with van der Waals surface area (Å²) >= 11 is 0. The van der Waals surface area contributed by atoms with Gasteiger partial charge < -0.3 is 4.90 Å². The molecule has 0 aliphatic carbocycles. The van der Waals surface area contributed by atoms with Gasteiger partial charge in [-0.05, 0) is 61.4 Å². The van der Waals surface area contributed by atoms with Crippen molar-refractivity contribution in [3.05, 3.63) is 70.7 Å². The molecule has 2 heterocycles. The van der Waals surface area contributed by atoms with Gasteiger partial charge in [0.05, 0.1) is 11.3 Å². The highest BCUT2D eigenvalue weighted by atomic mass is 19.1. The highest BCUT2D eigenvalue weighted by Gasteiger charge is 2.44. The molecule has 0 aromatic heterocycles. The third-order valence-electron chi connectivity index (χ3n) is 5.97. The van der Waals surface area contributed by atoms with Crippen LogP contribution < -0.4 is 4.90 Å². The molecule has 1 fully saturated rings. The molecule has 2 atom stereocenters. The fourth-order valence-corrected chi connectivity index (χ4v) is 4.81. The van der Waals surface area contributed by atoms with E-state index in [1.807, 2.05) is 32.0 Å². The molecule has 2 aromatic rings. The third kappa shape index (κ3) is 3.53. The maximum Gasteiger partial charge on any atom is 0.282 e. The van der Waals surface area contributed by atoms with Crippen LogP contribution in [0.1, 0.15) is 37.0 Å². The molecule has 2 unspecified atom stereocenters. The monoisotopic (exact) mass is 406 g/mol.